The van der Waals surface area contributed by atoms with E-state index in [0.717, 1.165) is 18.0 Å². The van der Waals surface area contributed by atoms with Gasteiger partial charge in [0.25, 0.3) is 0 Å². The summed E-state index contributed by atoms with van der Waals surface area (Å²) in [4.78, 5) is 14.1. The van der Waals surface area contributed by atoms with Crippen molar-refractivity contribution in [1.29, 1.82) is 0 Å². The van der Waals surface area contributed by atoms with Crippen LogP contribution in [0.3, 0.4) is 0 Å². The Morgan fingerprint density at radius 3 is 2.60 bits per heavy atom. The first kappa shape index (κ1) is 16.6. The van der Waals surface area contributed by atoms with Gasteiger partial charge in [-0.2, -0.15) is 0 Å². The summed E-state index contributed by atoms with van der Waals surface area (Å²) in [6, 6.07) is 10.2. The van der Waals surface area contributed by atoms with Gasteiger partial charge in [0, 0.05) is 32.4 Å². The van der Waals surface area contributed by atoms with Crippen molar-refractivity contribution < 1.29 is 9.53 Å². The van der Waals surface area contributed by atoms with Crippen molar-refractivity contribution in [1.82, 2.24) is 4.90 Å². The van der Waals surface area contributed by atoms with Crippen LogP contribution in [0.2, 0.25) is 0 Å². The molecule has 0 saturated carbocycles. The lowest BCUT2D eigenvalue weighted by Gasteiger charge is -2.24. The van der Waals surface area contributed by atoms with E-state index in [-0.39, 0.29) is 11.9 Å². The summed E-state index contributed by atoms with van der Waals surface area (Å²) >= 11 is 5.45. The molecule has 0 fully saturated rings. The van der Waals surface area contributed by atoms with Crippen LogP contribution in [-0.4, -0.2) is 36.1 Å². The molecule has 110 valence electrons. The van der Waals surface area contributed by atoms with Gasteiger partial charge < -0.3 is 9.64 Å². The molecule has 3 nitrogen and oxygen atoms in total. The first-order valence-corrected chi connectivity index (χ1v) is 7.37. The number of likely N-dealkylation sites (N-methyl/N-ethyl adjacent to an activating group) is 1. The molecule has 1 atom stereocenters. The topological polar surface area (TPSA) is 29.5 Å². The van der Waals surface area contributed by atoms with Crippen molar-refractivity contribution in [3.05, 3.63) is 35.9 Å². The van der Waals surface area contributed by atoms with Crippen LogP contribution in [-0.2, 0) is 16.0 Å². The minimum Gasteiger partial charge on any atom is -0.465 e. The molecule has 0 heterocycles. The SMILES string of the molecule is CCC(=O)OCC(C)CN(C)C(=S)Cc1ccccc1. The highest BCUT2D eigenvalue weighted by Crippen LogP contribution is 2.06. The fourth-order valence-corrected chi connectivity index (χ4v) is 2.11. The molecule has 0 spiro atoms. The first-order chi connectivity index (χ1) is 9.52. The standard InChI is InChI=1S/C16H23NO2S/c1-4-16(18)19-12-13(2)11-17(3)15(20)10-14-8-6-5-7-9-14/h5-9,13H,4,10-12H2,1-3H3. The number of thiocarbonyl (C=S) groups is 1. The summed E-state index contributed by atoms with van der Waals surface area (Å²) in [6.07, 6.45) is 1.20. The summed E-state index contributed by atoms with van der Waals surface area (Å²) in [5.41, 5.74) is 1.22. The van der Waals surface area contributed by atoms with Crippen molar-refractivity contribution in [3.63, 3.8) is 0 Å². The summed E-state index contributed by atoms with van der Waals surface area (Å²) < 4.78 is 5.14. The third-order valence-electron chi connectivity index (χ3n) is 3.03. The first-order valence-electron chi connectivity index (χ1n) is 6.96. The van der Waals surface area contributed by atoms with Crippen LogP contribution in [0, 0.1) is 5.92 Å². The number of carbonyl (C=O) groups is 1. The number of carbonyl (C=O) groups excluding carboxylic acids is 1. The van der Waals surface area contributed by atoms with E-state index in [4.69, 9.17) is 17.0 Å². The molecule has 0 aliphatic rings. The average Bonchev–Trinajstić information content (AvgIpc) is 2.45. The van der Waals surface area contributed by atoms with Gasteiger partial charge in [0.05, 0.1) is 11.6 Å². The number of nitrogens with zero attached hydrogens (tertiary/aromatic N) is 1. The summed E-state index contributed by atoms with van der Waals surface area (Å²) in [5.74, 6) is 0.121. The van der Waals surface area contributed by atoms with Gasteiger partial charge in [-0.05, 0) is 5.56 Å². The number of rotatable bonds is 7. The number of benzene rings is 1. The Kier molecular flexibility index (Phi) is 7.23. The number of hydrogen-bond acceptors (Lipinski definition) is 3. The minimum absolute atomic E-state index is 0.147. The number of ether oxygens (including phenoxy) is 1. The monoisotopic (exact) mass is 293 g/mol. The maximum Gasteiger partial charge on any atom is 0.305 e. The van der Waals surface area contributed by atoms with Gasteiger partial charge in [-0.3, -0.25) is 4.79 Å². The average molecular weight is 293 g/mol. The molecule has 1 aromatic rings. The maximum absolute atomic E-state index is 11.1. The lowest BCUT2D eigenvalue weighted by molar-refractivity contribution is -0.144. The van der Waals surface area contributed by atoms with Gasteiger partial charge in [0.15, 0.2) is 0 Å². The van der Waals surface area contributed by atoms with Gasteiger partial charge in [0.2, 0.25) is 0 Å². The molecule has 0 N–H and O–H groups in total. The van der Waals surface area contributed by atoms with Gasteiger partial charge in [-0.25, -0.2) is 0 Å². The molecule has 0 aliphatic heterocycles. The molecule has 1 rings (SSSR count). The lowest BCUT2D eigenvalue weighted by atomic mass is 10.1. The molecule has 0 saturated heterocycles. The summed E-state index contributed by atoms with van der Waals surface area (Å²) in [6.45, 7) is 5.10. The predicted molar refractivity (Wildman–Crippen MR) is 85.8 cm³/mol. The molecule has 0 amide bonds. The third kappa shape index (κ3) is 6.15. The maximum atomic E-state index is 11.1. The Bertz CT molecular complexity index is 433. The zero-order chi connectivity index (χ0) is 15.0. The minimum atomic E-state index is -0.147. The van der Waals surface area contributed by atoms with E-state index >= 15 is 0 Å². The Morgan fingerprint density at radius 1 is 1.35 bits per heavy atom. The van der Waals surface area contributed by atoms with Gasteiger partial charge in [-0.15, -0.1) is 0 Å². The van der Waals surface area contributed by atoms with Crippen LogP contribution in [0.25, 0.3) is 0 Å². The molecule has 1 aromatic carbocycles. The Labute approximate surface area is 126 Å². The highest BCUT2D eigenvalue weighted by molar-refractivity contribution is 7.80. The van der Waals surface area contributed by atoms with E-state index in [2.05, 4.69) is 24.0 Å². The van der Waals surface area contributed by atoms with E-state index < -0.39 is 0 Å². The second-order valence-electron chi connectivity index (χ2n) is 5.08. The zero-order valence-electron chi connectivity index (χ0n) is 12.5. The van der Waals surface area contributed by atoms with Crippen LogP contribution in [0.15, 0.2) is 30.3 Å². The van der Waals surface area contributed by atoms with Crippen molar-refractivity contribution in [2.45, 2.75) is 26.7 Å². The Morgan fingerprint density at radius 2 is 2.00 bits per heavy atom. The molecule has 0 bridgehead atoms. The van der Waals surface area contributed by atoms with Crippen molar-refractivity contribution in [2.75, 3.05) is 20.2 Å². The van der Waals surface area contributed by atoms with E-state index in [1.54, 1.807) is 6.92 Å². The quantitative estimate of drug-likeness (QED) is 0.571. The van der Waals surface area contributed by atoms with Crippen LogP contribution in [0.5, 0.6) is 0 Å². The lowest BCUT2D eigenvalue weighted by Crippen LogP contribution is -2.32. The molecule has 4 heteroatoms. The van der Waals surface area contributed by atoms with Gasteiger partial charge in [0.1, 0.15) is 0 Å². The normalized spacial score (nSPS) is 11.8. The largest absolute Gasteiger partial charge is 0.465 e. The highest BCUT2D eigenvalue weighted by Gasteiger charge is 2.11. The van der Waals surface area contributed by atoms with Gasteiger partial charge in [-0.1, -0.05) is 56.4 Å². The van der Waals surface area contributed by atoms with Crippen LogP contribution < -0.4 is 0 Å². The van der Waals surface area contributed by atoms with E-state index in [9.17, 15) is 4.79 Å². The Balaban J connectivity index is 2.36. The molecular formula is C16H23NO2S. The molecular weight excluding hydrogens is 270 g/mol. The second-order valence-corrected chi connectivity index (χ2v) is 5.55. The van der Waals surface area contributed by atoms with E-state index in [0.29, 0.717) is 13.0 Å². The van der Waals surface area contributed by atoms with Crippen molar-refractivity contribution in [2.24, 2.45) is 5.92 Å². The fraction of sp³-hybridized carbons (Fsp3) is 0.500. The smallest absolute Gasteiger partial charge is 0.305 e. The van der Waals surface area contributed by atoms with Crippen LogP contribution in [0.1, 0.15) is 25.8 Å². The van der Waals surface area contributed by atoms with E-state index in [1.807, 2.05) is 25.2 Å². The Hall–Kier alpha value is -1.42. The van der Waals surface area contributed by atoms with Crippen LogP contribution in [0.4, 0.5) is 0 Å². The molecule has 1 unspecified atom stereocenters. The van der Waals surface area contributed by atoms with Gasteiger partial charge >= 0.3 is 5.97 Å². The predicted octanol–water partition coefficient (Wildman–Crippen LogP) is 3.08. The molecule has 0 radical (unpaired) electrons. The van der Waals surface area contributed by atoms with Crippen molar-refractivity contribution >= 4 is 23.2 Å². The third-order valence-corrected chi connectivity index (χ3v) is 3.48. The highest BCUT2D eigenvalue weighted by atomic mass is 32.1. The molecule has 0 aliphatic carbocycles. The summed E-state index contributed by atoms with van der Waals surface area (Å²) in [5, 5.41) is 0. The molecule has 0 aromatic heterocycles. The zero-order valence-corrected chi connectivity index (χ0v) is 13.3. The number of hydrogen-bond donors (Lipinski definition) is 0. The second kappa shape index (κ2) is 8.69. The van der Waals surface area contributed by atoms with Crippen LogP contribution >= 0.6 is 12.2 Å². The fourth-order valence-electron chi connectivity index (χ4n) is 1.86. The van der Waals surface area contributed by atoms with E-state index in [1.165, 1.54) is 5.56 Å². The summed E-state index contributed by atoms with van der Waals surface area (Å²) in [7, 11) is 1.99. The number of esters is 1. The van der Waals surface area contributed by atoms with Crippen molar-refractivity contribution in [3.8, 4) is 0 Å². The molecule has 20 heavy (non-hydrogen) atoms.